The van der Waals surface area contributed by atoms with Crippen LogP contribution in [-0.4, -0.2) is 23.0 Å². The molecule has 1 rings (SSSR count). The maximum Gasteiger partial charge on any atom is 0.343 e. The molecule has 0 saturated heterocycles. The Bertz CT molecular complexity index is 452. The summed E-state index contributed by atoms with van der Waals surface area (Å²) in [5, 5.41) is 8.98. The number of carbonyl (C=O) groups is 2. The molecule has 0 amide bonds. The summed E-state index contributed by atoms with van der Waals surface area (Å²) in [5.74, 6) is -1.66. The largest absolute Gasteiger partial charge is 0.477 e. The molecule has 0 aliphatic carbocycles. The van der Waals surface area contributed by atoms with Gasteiger partial charge in [-0.15, -0.1) is 0 Å². The molecule has 0 radical (unpaired) electrons. The van der Waals surface area contributed by atoms with Crippen LogP contribution >= 0.6 is 0 Å². The molecule has 0 fully saturated rings. The minimum atomic E-state index is -1.26. The predicted octanol–water partition coefficient (Wildman–Crippen LogP) is 2.39. The van der Waals surface area contributed by atoms with Gasteiger partial charge in [0.15, 0.2) is 6.10 Å². The van der Waals surface area contributed by atoms with Gasteiger partial charge in [0.1, 0.15) is 11.3 Å². The highest BCUT2D eigenvalue weighted by Gasteiger charge is 2.36. The number of ether oxygens (including phenoxy) is 1. The number of allylic oxidation sites excluding steroid dienone is 5. The van der Waals surface area contributed by atoms with Crippen LogP contribution in [0.5, 0.6) is 0 Å². The van der Waals surface area contributed by atoms with Crippen molar-refractivity contribution in [3.05, 3.63) is 47.8 Å². The van der Waals surface area contributed by atoms with Crippen molar-refractivity contribution in [2.45, 2.75) is 26.4 Å². The van der Waals surface area contributed by atoms with Gasteiger partial charge < -0.3 is 9.84 Å². The van der Waals surface area contributed by atoms with Gasteiger partial charge in [0.25, 0.3) is 0 Å². The van der Waals surface area contributed by atoms with E-state index in [1.807, 2.05) is 13.0 Å². The van der Waals surface area contributed by atoms with Gasteiger partial charge in [-0.1, -0.05) is 31.2 Å². The van der Waals surface area contributed by atoms with Crippen molar-refractivity contribution >= 4 is 11.8 Å². The van der Waals surface area contributed by atoms with Crippen LogP contribution in [0.15, 0.2) is 47.8 Å². The normalized spacial score (nSPS) is 20.6. The number of ketones is 1. The first-order valence-corrected chi connectivity index (χ1v) is 5.76. The molecule has 0 aromatic heterocycles. The van der Waals surface area contributed by atoms with Crippen molar-refractivity contribution in [2.24, 2.45) is 0 Å². The maximum absolute atomic E-state index is 11.8. The molecule has 1 aliphatic heterocycles. The number of carboxylic acid groups (broad SMARTS) is 1. The molecule has 1 heterocycles. The molecule has 0 aromatic rings. The average molecular weight is 248 g/mol. The Morgan fingerprint density at radius 3 is 2.72 bits per heavy atom. The van der Waals surface area contributed by atoms with Crippen LogP contribution in [0.3, 0.4) is 0 Å². The molecule has 1 unspecified atom stereocenters. The van der Waals surface area contributed by atoms with E-state index >= 15 is 0 Å². The third kappa shape index (κ3) is 3.20. The molecule has 96 valence electrons. The van der Waals surface area contributed by atoms with Gasteiger partial charge in [0.2, 0.25) is 5.78 Å². The van der Waals surface area contributed by atoms with Gasteiger partial charge in [-0.2, -0.15) is 0 Å². The molecule has 0 spiro atoms. The summed E-state index contributed by atoms with van der Waals surface area (Å²) in [4.78, 5) is 22.8. The second-order valence-electron chi connectivity index (χ2n) is 3.67. The van der Waals surface area contributed by atoms with Crippen LogP contribution in [0, 0.1) is 0 Å². The fourth-order valence-electron chi connectivity index (χ4n) is 1.50. The van der Waals surface area contributed by atoms with Gasteiger partial charge >= 0.3 is 5.97 Å². The van der Waals surface area contributed by atoms with E-state index in [2.05, 4.69) is 0 Å². The lowest BCUT2D eigenvalue weighted by molar-refractivity contribution is -0.134. The Kier molecular flexibility index (Phi) is 5.11. The van der Waals surface area contributed by atoms with Crippen molar-refractivity contribution < 1.29 is 19.4 Å². The smallest absolute Gasteiger partial charge is 0.343 e. The molecule has 0 aromatic carbocycles. The number of aliphatic carboxylic acids is 1. The SMILES string of the molecule is C/C=C/C1=C(C(=O)O)C(=O)C(/C=C/C=C/CC)O1. The molecular weight excluding hydrogens is 232 g/mol. The van der Waals surface area contributed by atoms with Crippen LogP contribution in [0.2, 0.25) is 0 Å². The Morgan fingerprint density at radius 2 is 2.17 bits per heavy atom. The summed E-state index contributed by atoms with van der Waals surface area (Å²) in [6.45, 7) is 3.73. The topological polar surface area (TPSA) is 63.6 Å². The zero-order chi connectivity index (χ0) is 13.5. The Balaban J connectivity index is 2.87. The Morgan fingerprint density at radius 1 is 1.44 bits per heavy atom. The molecule has 0 bridgehead atoms. The Labute approximate surface area is 106 Å². The van der Waals surface area contributed by atoms with E-state index in [1.54, 1.807) is 31.2 Å². The summed E-state index contributed by atoms with van der Waals surface area (Å²) >= 11 is 0. The van der Waals surface area contributed by atoms with Crippen molar-refractivity contribution in [3.8, 4) is 0 Å². The zero-order valence-electron chi connectivity index (χ0n) is 10.4. The zero-order valence-corrected chi connectivity index (χ0v) is 10.4. The molecule has 1 aliphatic rings. The number of hydrogen-bond acceptors (Lipinski definition) is 3. The average Bonchev–Trinajstić information content (AvgIpc) is 2.62. The van der Waals surface area contributed by atoms with Crippen LogP contribution in [-0.2, 0) is 14.3 Å². The highest BCUT2D eigenvalue weighted by molar-refractivity contribution is 6.21. The first kappa shape index (κ1) is 14.0. The van der Waals surface area contributed by atoms with E-state index in [4.69, 9.17) is 9.84 Å². The van der Waals surface area contributed by atoms with Crippen molar-refractivity contribution in [1.29, 1.82) is 0 Å². The van der Waals surface area contributed by atoms with Crippen LogP contribution < -0.4 is 0 Å². The second-order valence-corrected chi connectivity index (χ2v) is 3.67. The van der Waals surface area contributed by atoms with Crippen molar-refractivity contribution in [3.63, 3.8) is 0 Å². The van der Waals surface area contributed by atoms with E-state index in [0.717, 1.165) is 6.42 Å². The molecule has 4 heteroatoms. The van der Waals surface area contributed by atoms with Crippen molar-refractivity contribution in [1.82, 2.24) is 0 Å². The van der Waals surface area contributed by atoms with E-state index in [-0.39, 0.29) is 11.3 Å². The van der Waals surface area contributed by atoms with Crippen LogP contribution in [0.4, 0.5) is 0 Å². The summed E-state index contributed by atoms with van der Waals surface area (Å²) < 4.78 is 5.31. The van der Waals surface area contributed by atoms with Crippen LogP contribution in [0.1, 0.15) is 20.3 Å². The number of rotatable bonds is 5. The summed E-state index contributed by atoms with van der Waals surface area (Å²) in [6.07, 6.45) is 10.1. The standard InChI is InChI=1S/C14H16O4/c1-3-5-6-7-9-11-13(15)12(14(16)17)10(18-11)8-4-2/h4-9,11H,3H2,1-2H3,(H,16,17)/b6-5+,8-4+,9-7+. The number of Topliss-reactive ketones (excluding diaryl/α,β-unsaturated/α-hetero) is 1. The third-order valence-electron chi connectivity index (χ3n) is 2.31. The molecule has 18 heavy (non-hydrogen) atoms. The molecule has 1 N–H and O–H groups in total. The lowest BCUT2D eigenvalue weighted by Gasteiger charge is -2.03. The molecule has 1 atom stereocenters. The van der Waals surface area contributed by atoms with Gasteiger partial charge in [0.05, 0.1) is 0 Å². The van der Waals surface area contributed by atoms with Gasteiger partial charge in [0, 0.05) is 0 Å². The maximum atomic E-state index is 11.8. The lowest BCUT2D eigenvalue weighted by atomic mass is 10.1. The fraction of sp³-hybridized carbons (Fsp3) is 0.286. The summed E-state index contributed by atoms with van der Waals surface area (Å²) in [7, 11) is 0. The Hall–Kier alpha value is -2.10. The summed E-state index contributed by atoms with van der Waals surface area (Å²) in [5.41, 5.74) is -0.290. The van der Waals surface area contributed by atoms with E-state index in [1.165, 1.54) is 6.08 Å². The van der Waals surface area contributed by atoms with E-state index < -0.39 is 17.9 Å². The number of carbonyl (C=O) groups excluding carboxylic acids is 1. The van der Waals surface area contributed by atoms with E-state index in [0.29, 0.717) is 0 Å². The minimum absolute atomic E-state index is 0.115. The first-order valence-electron chi connectivity index (χ1n) is 5.76. The third-order valence-corrected chi connectivity index (χ3v) is 2.31. The first-order chi connectivity index (χ1) is 8.61. The van der Waals surface area contributed by atoms with Gasteiger partial charge in [-0.05, 0) is 25.5 Å². The van der Waals surface area contributed by atoms with Crippen molar-refractivity contribution in [2.75, 3.05) is 0 Å². The highest BCUT2D eigenvalue weighted by Crippen LogP contribution is 2.24. The fourth-order valence-corrected chi connectivity index (χ4v) is 1.50. The lowest BCUT2D eigenvalue weighted by Crippen LogP contribution is -2.18. The monoisotopic (exact) mass is 248 g/mol. The van der Waals surface area contributed by atoms with E-state index in [9.17, 15) is 9.59 Å². The summed E-state index contributed by atoms with van der Waals surface area (Å²) in [6, 6.07) is 0. The van der Waals surface area contributed by atoms with Crippen LogP contribution in [0.25, 0.3) is 0 Å². The minimum Gasteiger partial charge on any atom is -0.477 e. The highest BCUT2D eigenvalue weighted by atomic mass is 16.5. The van der Waals surface area contributed by atoms with Gasteiger partial charge in [-0.3, -0.25) is 4.79 Å². The quantitative estimate of drug-likeness (QED) is 0.599. The molecule has 4 nitrogen and oxygen atoms in total. The molecule has 0 saturated carbocycles. The number of hydrogen-bond donors (Lipinski definition) is 1. The second kappa shape index (κ2) is 6.59. The predicted molar refractivity (Wildman–Crippen MR) is 67.9 cm³/mol. The number of carboxylic acids is 1. The van der Waals surface area contributed by atoms with Gasteiger partial charge in [-0.25, -0.2) is 4.79 Å². The molecular formula is C14H16O4.